The molecule has 1 atom stereocenters. The van der Waals surface area contributed by atoms with Crippen molar-refractivity contribution < 1.29 is 17.8 Å². The smallest absolute Gasteiger partial charge is 0.266 e. The summed E-state index contributed by atoms with van der Waals surface area (Å²) in [6, 6.07) is -0.840. The molecule has 0 rings (SSSR count). The molecule has 0 fully saturated rings. The first-order valence-electron chi connectivity index (χ1n) is 4.71. The fraction of sp³-hybridized carbons (Fsp3) is 0.667. The highest BCUT2D eigenvalue weighted by Gasteiger charge is 2.26. The summed E-state index contributed by atoms with van der Waals surface area (Å²) in [5, 5.41) is 0. The Bertz CT molecular complexity index is 319. The highest BCUT2D eigenvalue weighted by Crippen LogP contribution is 2.04. The van der Waals surface area contributed by atoms with E-state index in [4.69, 9.17) is 4.55 Å². The van der Waals surface area contributed by atoms with Gasteiger partial charge in [0.25, 0.3) is 10.1 Å². The average molecular weight is 235 g/mol. The molecule has 1 unspecified atom stereocenters. The average Bonchev–Trinajstić information content (AvgIpc) is 2.15. The molecule has 0 spiro atoms. The zero-order chi connectivity index (χ0) is 12.1. The van der Waals surface area contributed by atoms with E-state index in [0.29, 0.717) is 13.1 Å². The highest BCUT2D eigenvalue weighted by atomic mass is 32.2. The largest absolute Gasteiger partial charge is 0.293 e. The van der Waals surface area contributed by atoms with Gasteiger partial charge in [-0.1, -0.05) is 20.4 Å². The van der Waals surface area contributed by atoms with Crippen LogP contribution in [0, 0.1) is 0 Å². The number of ketones is 1. The molecule has 0 aromatic rings. The van der Waals surface area contributed by atoms with Crippen LogP contribution in [0.4, 0.5) is 0 Å². The second kappa shape index (κ2) is 5.99. The van der Waals surface area contributed by atoms with Gasteiger partial charge in [0.2, 0.25) is 0 Å². The minimum absolute atomic E-state index is 0.392. The van der Waals surface area contributed by atoms with E-state index in [2.05, 4.69) is 6.58 Å². The van der Waals surface area contributed by atoms with E-state index in [1.165, 1.54) is 0 Å². The van der Waals surface area contributed by atoms with Crippen LogP contribution in [0.15, 0.2) is 12.7 Å². The zero-order valence-electron chi connectivity index (χ0n) is 9.01. The molecule has 88 valence electrons. The van der Waals surface area contributed by atoms with Crippen LogP contribution in [-0.4, -0.2) is 48.5 Å². The summed E-state index contributed by atoms with van der Waals surface area (Å²) in [6.45, 7) is 8.02. The molecule has 0 radical (unpaired) electrons. The van der Waals surface area contributed by atoms with Crippen LogP contribution in [0.2, 0.25) is 0 Å². The van der Waals surface area contributed by atoms with Gasteiger partial charge in [-0.2, -0.15) is 8.42 Å². The Morgan fingerprint density at radius 2 is 1.93 bits per heavy atom. The summed E-state index contributed by atoms with van der Waals surface area (Å²) in [5.74, 6) is -0.976. The van der Waals surface area contributed by atoms with Crippen molar-refractivity contribution >= 4 is 15.9 Å². The standard InChI is InChI=1S/C9H17NO4S/c1-4-9(11)8(7-15(12,13)14)10(5-2)6-3/h4,8H,1,5-7H2,2-3H3,(H,12,13,14). The minimum atomic E-state index is -4.15. The van der Waals surface area contributed by atoms with E-state index >= 15 is 0 Å². The Morgan fingerprint density at radius 3 is 2.20 bits per heavy atom. The SMILES string of the molecule is C=CC(=O)C(CS(=O)(=O)O)N(CC)CC. The second-order valence-corrected chi connectivity index (χ2v) is 4.59. The van der Waals surface area contributed by atoms with Crippen LogP contribution < -0.4 is 0 Å². The van der Waals surface area contributed by atoms with E-state index in [-0.39, 0.29) is 0 Å². The quantitative estimate of drug-likeness (QED) is 0.509. The Balaban J connectivity index is 4.87. The lowest BCUT2D eigenvalue weighted by Crippen LogP contribution is -2.44. The number of likely N-dealkylation sites (N-methyl/N-ethyl adjacent to an activating group) is 1. The van der Waals surface area contributed by atoms with Crippen LogP contribution in [0.25, 0.3) is 0 Å². The van der Waals surface area contributed by atoms with Crippen molar-refractivity contribution in [1.29, 1.82) is 0 Å². The van der Waals surface area contributed by atoms with Crippen LogP contribution in [0.5, 0.6) is 0 Å². The Kier molecular flexibility index (Phi) is 5.71. The van der Waals surface area contributed by atoms with Crippen molar-refractivity contribution in [2.75, 3.05) is 18.8 Å². The molecule has 0 saturated carbocycles. The zero-order valence-corrected chi connectivity index (χ0v) is 9.83. The Morgan fingerprint density at radius 1 is 1.47 bits per heavy atom. The first-order chi connectivity index (χ1) is 6.85. The Labute approximate surface area is 90.5 Å². The van der Waals surface area contributed by atoms with Crippen molar-refractivity contribution in [3.05, 3.63) is 12.7 Å². The maximum absolute atomic E-state index is 11.4. The third-order valence-electron chi connectivity index (χ3n) is 2.15. The lowest BCUT2D eigenvalue weighted by Gasteiger charge is -2.26. The van der Waals surface area contributed by atoms with Gasteiger partial charge in [-0.3, -0.25) is 14.2 Å². The number of hydrogen-bond donors (Lipinski definition) is 1. The number of carbonyl (C=O) groups excluding carboxylic acids is 1. The fourth-order valence-corrected chi connectivity index (χ4v) is 2.14. The molecule has 0 aromatic heterocycles. The minimum Gasteiger partial charge on any atom is -0.293 e. The monoisotopic (exact) mass is 235 g/mol. The van der Waals surface area contributed by atoms with Crippen LogP contribution >= 0.6 is 0 Å². The maximum Gasteiger partial charge on any atom is 0.266 e. The van der Waals surface area contributed by atoms with Gasteiger partial charge in [0.1, 0.15) is 0 Å². The summed E-state index contributed by atoms with van der Waals surface area (Å²) in [7, 11) is -4.15. The molecular weight excluding hydrogens is 218 g/mol. The van der Waals surface area contributed by atoms with E-state index in [0.717, 1.165) is 6.08 Å². The van der Waals surface area contributed by atoms with Gasteiger partial charge < -0.3 is 0 Å². The predicted molar refractivity (Wildman–Crippen MR) is 58.3 cm³/mol. The number of nitrogens with zero attached hydrogens (tertiary/aromatic N) is 1. The molecule has 15 heavy (non-hydrogen) atoms. The molecule has 6 heteroatoms. The van der Waals surface area contributed by atoms with Gasteiger partial charge in [-0.05, 0) is 19.2 Å². The van der Waals surface area contributed by atoms with Gasteiger partial charge in [0, 0.05) is 0 Å². The van der Waals surface area contributed by atoms with Crippen molar-refractivity contribution in [1.82, 2.24) is 4.90 Å². The first-order valence-corrected chi connectivity index (χ1v) is 6.32. The van der Waals surface area contributed by atoms with E-state index in [1.54, 1.807) is 4.90 Å². The second-order valence-electron chi connectivity index (χ2n) is 3.09. The molecule has 0 bridgehead atoms. The predicted octanol–water partition coefficient (Wildman–Crippen LogP) is 0.340. The summed E-state index contributed by atoms with van der Waals surface area (Å²) >= 11 is 0. The first kappa shape index (κ1) is 14.3. The van der Waals surface area contributed by atoms with Gasteiger partial charge in [0.05, 0.1) is 11.8 Å². The van der Waals surface area contributed by atoms with Crippen molar-refractivity contribution in [3.63, 3.8) is 0 Å². The van der Waals surface area contributed by atoms with Crippen LogP contribution in [0.1, 0.15) is 13.8 Å². The van der Waals surface area contributed by atoms with Crippen LogP contribution in [-0.2, 0) is 14.9 Å². The molecule has 0 saturated heterocycles. The van der Waals surface area contributed by atoms with Gasteiger partial charge in [-0.15, -0.1) is 0 Å². The molecule has 0 aliphatic heterocycles. The van der Waals surface area contributed by atoms with E-state index in [1.807, 2.05) is 13.8 Å². The van der Waals surface area contributed by atoms with E-state index in [9.17, 15) is 13.2 Å². The fourth-order valence-electron chi connectivity index (χ4n) is 1.37. The van der Waals surface area contributed by atoms with Crippen molar-refractivity contribution in [2.24, 2.45) is 0 Å². The summed E-state index contributed by atoms with van der Waals surface area (Å²) < 4.78 is 30.2. The highest BCUT2D eigenvalue weighted by molar-refractivity contribution is 7.85. The van der Waals surface area contributed by atoms with Crippen LogP contribution in [0.3, 0.4) is 0 Å². The molecule has 0 aliphatic rings. The number of rotatable bonds is 7. The molecule has 5 nitrogen and oxygen atoms in total. The third-order valence-corrected chi connectivity index (χ3v) is 2.89. The summed E-state index contributed by atoms with van der Waals surface area (Å²) in [4.78, 5) is 13.1. The molecule has 0 amide bonds. The molecule has 0 heterocycles. The molecule has 0 aromatic carbocycles. The summed E-state index contributed by atoms with van der Waals surface area (Å²) in [5.41, 5.74) is 0. The Hall–Kier alpha value is -0.720. The van der Waals surface area contributed by atoms with E-state index < -0.39 is 27.7 Å². The normalized spacial score (nSPS) is 13.9. The molecule has 1 N–H and O–H groups in total. The topological polar surface area (TPSA) is 74.7 Å². The maximum atomic E-state index is 11.4. The van der Waals surface area contributed by atoms with Gasteiger partial charge in [0.15, 0.2) is 5.78 Å². The lowest BCUT2D eigenvalue weighted by molar-refractivity contribution is -0.118. The number of carbonyl (C=O) groups is 1. The van der Waals surface area contributed by atoms with Crippen molar-refractivity contribution in [3.8, 4) is 0 Å². The van der Waals surface area contributed by atoms with Gasteiger partial charge >= 0.3 is 0 Å². The van der Waals surface area contributed by atoms with Crippen molar-refractivity contribution in [2.45, 2.75) is 19.9 Å². The third kappa shape index (κ3) is 5.06. The number of hydrogen-bond acceptors (Lipinski definition) is 4. The molecule has 0 aliphatic carbocycles. The lowest BCUT2D eigenvalue weighted by atomic mass is 10.2. The molecular formula is C9H17NO4S. The van der Waals surface area contributed by atoms with Gasteiger partial charge in [-0.25, -0.2) is 0 Å². The summed E-state index contributed by atoms with van der Waals surface area (Å²) in [6.07, 6.45) is 1.08.